The smallest absolute Gasteiger partial charge is 0.126 e. The highest BCUT2D eigenvalue weighted by molar-refractivity contribution is 5.80. The maximum absolute atomic E-state index is 8.70. The first kappa shape index (κ1) is 12.9. The van der Waals surface area contributed by atoms with Crippen LogP contribution in [0.15, 0.2) is 36.4 Å². The van der Waals surface area contributed by atoms with Gasteiger partial charge in [0, 0.05) is 24.5 Å². The lowest BCUT2D eigenvalue weighted by atomic mass is 10.1. The second-order valence-corrected chi connectivity index (χ2v) is 5.24. The summed E-state index contributed by atoms with van der Waals surface area (Å²) in [6.45, 7) is 2.51. The van der Waals surface area contributed by atoms with Gasteiger partial charge >= 0.3 is 0 Å². The molecule has 4 nitrogen and oxygen atoms in total. The number of hydrogen-bond acceptors (Lipinski definition) is 4. The number of aromatic nitrogens is 1. The van der Waals surface area contributed by atoms with Crippen LogP contribution < -0.4 is 5.32 Å². The SMILES string of the molecule is N#CCN1CCC(Nc2ccc3ccccc3n2)CC1. The summed E-state index contributed by atoms with van der Waals surface area (Å²) in [5.74, 6) is 0.947. The molecule has 0 atom stereocenters. The Morgan fingerprint density at radius 3 is 2.80 bits per heavy atom. The van der Waals surface area contributed by atoms with E-state index in [2.05, 4.69) is 33.4 Å². The van der Waals surface area contributed by atoms with Crippen molar-refractivity contribution >= 4 is 16.7 Å². The second-order valence-electron chi connectivity index (χ2n) is 5.24. The minimum Gasteiger partial charge on any atom is -0.367 e. The minimum absolute atomic E-state index is 0.457. The molecule has 0 amide bonds. The molecule has 1 N–H and O–H groups in total. The van der Waals surface area contributed by atoms with Gasteiger partial charge in [0.05, 0.1) is 18.1 Å². The molecule has 2 aromatic rings. The van der Waals surface area contributed by atoms with Crippen molar-refractivity contribution in [3.8, 4) is 6.07 Å². The number of hydrogen-bond donors (Lipinski definition) is 1. The average molecular weight is 266 g/mol. The molecule has 1 aromatic carbocycles. The molecule has 0 saturated carbocycles. The van der Waals surface area contributed by atoms with E-state index < -0.39 is 0 Å². The van der Waals surface area contributed by atoms with E-state index in [1.165, 1.54) is 5.39 Å². The van der Waals surface area contributed by atoms with Crippen LogP contribution in [-0.4, -0.2) is 35.6 Å². The summed E-state index contributed by atoms with van der Waals surface area (Å²) < 4.78 is 0. The lowest BCUT2D eigenvalue weighted by Gasteiger charge is -2.30. The van der Waals surface area contributed by atoms with E-state index in [4.69, 9.17) is 5.26 Å². The van der Waals surface area contributed by atoms with Crippen molar-refractivity contribution in [2.75, 3.05) is 25.0 Å². The first-order valence-electron chi connectivity index (χ1n) is 7.07. The highest BCUT2D eigenvalue weighted by atomic mass is 15.1. The van der Waals surface area contributed by atoms with Crippen LogP contribution in [0.25, 0.3) is 10.9 Å². The number of nitrogens with one attached hydrogen (secondary N) is 1. The first-order valence-corrected chi connectivity index (χ1v) is 7.07. The van der Waals surface area contributed by atoms with Gasteiger partial charge in [-0.3, -0.25) is 4.90 Å². The third-order valence-corrected chi connectivity index (χ3v) is 3.83. The Balaban J connectivity index is 1.64. The number of para-hydroxylation sites is 1. The number of anilines is 1. The summed E-state index contributed by atoms with van der Waals surface area (Å²) in [7, 11) is 0. The highest BCUT2D eigenvalue weighted by Gasteiger charge is 2.18. The first-order chi connectivity index (χ1) is 9.85. The molecule has 0 aliphatic carbocycles. The highest BCUT2D eigenvalue weighted by Crippen LogP contribution is 2.18. The molecule has 0 spiro atoms. The van der Waals surface area contributed by atoms with Crippen LogP contribution in [0.5, 0.6) is 0 Å². The van der Waals surface area contributed by atoms with E-state index >= 15 is 0 Å². The zero-order valence-electron chi connectivity index (χ0n) is 11.4. The number of rotatable bonds is 3. The van der Waals surface area contributed by atoms with Crippen molar-refractivity contribution in [1.29, 1.82) is 5.26 Å². The number of nitriles is 1. The molecule has 102 valence electrons. The fraction of sp³-hybridized carbons (Fsp3) is 0.375. The molecular formula is C16H18N4. The summed E-state index contributed by atoms with van der Waals surface area (Å²) in [6, 6.07) is 15.0. The molecule has 1 fully saturated rings. The molecule has 0 radical (unpaired) electrons. The van der Waals surface area contributed by atoms with E-state index in [1.54, 1.807) is 0 Å². The largest absolute Gasteiger partial charge is 0.367 e. The molecular weight excluding hydrogens is 248 g/mol. The van der Waals surface area contributed by atoms with E-state index in [0.29, 0.717) is 12.6 Å². The minimum atomic E-state index is 0.457. The van der Waals surface area contributed by atoms with Gasteiger partial charge in [-0.15, -0.1) is 0 Å². The standard InChI is InChI=1S/C16H18N4/c17-9-12-20-10-7-14(8-11-20)18-16-6-5-13-3-1-2-4-15(13)19-16/h1-6,14H,7-8,10-12H2,(H,18,19). The monoisotopic (exact) mass is 266 g/mol. The fourth-order valence-corrected chi connectivity index (χ4v) is 2.69. The maximum Gasteiger partial charge on any atom is 0.126 e. The normalized spacial score (nSPS) is 16.9. The molecule has 20 heavy (non-hydrogen) atoms. The van der Waals surface area contributed by atoms with Crippen LogP contribution in [-0.2, 0) is 0 Å². The van der Waals surface area contributed by atoms with Crippen molar-refractivity contribution in [3.63, 3.8) is 0 Å². The van der Waals surface area contributed by atoms with Crippen molar-refractivity contribution in [3.05, 3.63) is 36.4 Å². The van der Waals surface area contributed by atoms with E-state index in [-0.39, 0.29) is 0 Å². The molecule has 0 unspecified atom stereocenters. The zero-order valence-corrected chi connectivity index (χ0v) is 11.4. The molecule has 1 aromatic heterocycles. The summed E-state index contributed by atoms with van der Waals surface area (Å²) in [4.78, 5) is 6.85. The van der Waals surface area contributed by atoms with Crippen LogP contribution in [0.2, 0.25) is 0 Å². The second kappa shape index (κ2) is 5.89. The Labute approximate surface area is 119 Å². The van der Waals surface area contributed by atoms with Crippen LogP contribution in [0.3, 0.4) is 0 Å². The summed E-state index contributed by atoms with van der Waals surface area (Å²) in [5.41, 5.74) is 1.03. The predicted molar refractivity (Wildman–Crippen MR) is 80.4 cm³/mol. The van der Waals surface area contributed by atoms with Gasteiger partial charge < -0.3 is 5.32 Å². The van der Waals surface area contributed by atoms with E-state index in [9.17, 15) is 0 Å². The Morgan fingerprint density at radius 2 is 2.00 bits per heavy atom. The molecule has 3 rings (SSSR count). The van der Waals surface area contributed by atoms with Gasteiger partial charge in [-0.1, -0.05) is 18.2 Å². The predicted octanol–water partition coefficient (Wildman–Crippen LogP) is 2.63. The van der Waals surface area contributed by atoms with Gasteiger partial charge in [0.2, 0.25) is 0 Å². The maximum atomic E-state index is 8.70. The number of pyridine rings is 1. The topological polar surface area (TPSA) is 52.0 Å². The van der Waals surface area contributed by atoms with Crippen molar-refractivity contribution in [1.82, 2.24) is 9.88 Å². The van der Waals surface area contributed by atoms with Gasteiger partial charge in [0.25, 0.3) is 0 Å². The van der Waals surface area contributed by atoms with Crippen molar-refractivity contribution < 1.29 is 0 Å². The summed E-state index contributed by atoms with van der Waals surface area (Å²) >= 11 is 0. The number of nitrogens with zero attached hydrogens (tertiary/aromatic N) is 3. The third-order valence-electron chi connectivity index (χ3n) is 3.83. The van der Waals surface area contributed by atoms with Crippen LogP contribution in [0.1, 0.15) is 12.8 Å². The Bertz CT molecular complexity index is 624. The van der Waals surface area contributed by atoms with Crippen LogP contribution in [0, 0.1) is 11.3 Å². The molecule has 1 aliphatic heterocycles. The Kier molecular flexibility index (Phi) is 3.80. The molecule has 2 heterocycles. The van der Waals surface area contributed by atoms with Gasteiger partial charge in [0.15, 0.2) is 0 Å². The van der Waals surface area contributed by atoms with E-state index in [1.807, 2.05) is 24.3 Å². The summed E-state index contributed by atoms with van der Waals surface area (Å²) in [6.07, 6.45) is 2.13. The van der Waals surface area contributed by atoms with Crippen LogP contribution in [0.4, 0.5) is 5.82 Å². The Morgan fingerprint density at radius 1 is 1.20 bits per heavy atom. The van der Waals surface area contributed by atoms with Gasteiger partial charge in [-0.2, -0.15) is 5.26 Å². The zero-order chi connectivity index (χ0) is 13.8. The van der Waals surface area contributed by atoms with Crippen molar-refractivity contribution in [2.45, 2.75) is 18.9 Å². The number of fused-ring (bicyclic) bond motifs is 1. The number of likely N-dealkylation sites (tertiary alicyclic amines) is 1. The van der Waals surface area contributed by atoms with Gasteiger partial charge in [-0.25, -0.2) is 4.98 Å². The van der Waals surface area contributed by atoms with Gasteiger partial charge in [-0.05, 0) is 31.0 Å². The van der Waals surface area contributed by atoms with Gasteiger partial charge in [0.1, 0.15) is 5.82 Å². The number of benzene rings is 1. The summed E-state index contributed by atoms with van der Waals surface area (Å²) in [5, 5.41) is 13.4. The Hall–Kier alpha value is -2.12. The quantitative estimate of drug-likeness (QED) is 0.868. The van der Waals surface area contributed by atoms with Crippen LogP contribution >= 0.6 is 0 Å². The molecule has 1 aliphatic rings. The molecule has 4 heteroatoms. The molecule has 0 bridgehead atoms. The third kappa shape index (κ3) is 2.89. The average Bonchev–Trinajstić information content (AvgIpc) is 2.49. The fourth-order valence-electron chi connectivity index (χ4n) is 2.69. The van der Waals surface area contributed by atoms with Crippen molar-refractivity contribution in [2.24, 2.45) is 0 Å². The lowest BCUT2D eigenvalue weighted by Crippen LogP contribution is -2.39. The van der Waals surface area contributed by atoms with E-state index in [0.717, 1.165) is 37.3 Å². The lowest BCUT2D eigenvalue weighted by molar-refractivity contribution is 0.242. The molecule has 1 saturated heterocycles. The number of piperidine rings is 1.